The molecule has 1 aliphatic rings. The van der Waals surface area contributed by atoms with Gasteiger partial charge in [-0.2, -0.15) is 0 Å². The summed E-state index contributed by atoms with van der Waals surface area (Å²) in [6.07, 6.45) is 4.83. The predicted octanol–water partition coefficient (Wildman–Crippen LogP) is 2.39. The summed E-state index contributed by atoms with van der Waals surface area (Å²) in [6.45, 7) is 6.77. The molecule has 0 saturated heterocycles. The molecule has 0 amide bonds. The Balaban J connectivity index is 2.78. The van der Waals surface area contributed by atoms with Crippen LogP contribution in [0.4, 0.5) is 0 Å². The van der Waals surface area contributed by atoms with E-state index in [0.717, 1.165) is 0 Å². The molecule has 0 bridgehead atoms. The smallest absolute Gasteiger partial charge is 0.0342 e. The minimum atomic E-state index is 0.374. The maximum atomic E-state index is 2.36. The molecule has 0 aliphatic carbocycles. The standard InChI is InChI=1S/C9H17N/c1-8-6-5-7-9(2,3)10(8)4/h6H,5,7H2,1-4H3. The van der Waals surface area contributed by atoms with E-state index in [1.165, 1.54) is 18.5 Å². The molecule has 0 N–H and O–H groups in total. The monoisotopic (exact) mass is 139 g/mol. The summed E-state index contributed by atoms with van der Waals surface area (Å²) >= 11 is 0. The molecule has 0 aromatic heterocycles. The van der Waals surface area contributed by atoms with E-state index in [4.69, 9.17) is 0 Å². The lowest BCUT2D eigenvalue weighted by Crippen LogP contribution is -2.41. The summed E-state index contributed by atoms with van der Waals surface area (Å²) in [7, 11) is 2.17. The van der Waals surface area contributed by atoms with E-state index in [-0.39, 0.29) is 0 Å². The van der Waals surface area contributed by atoms with E-state index in [2.05, 4.69) is 38.8 Å². The molecule has 58 valence electrons. The van der Waals surface area contributed by atoms with Crippen molar-refractivity contribution in [1.82, 2.24) is 4.90 Å². The molecule has 1 rings (SSSR count). The molecule has 10 heavy (non-hydrogen) atoms. The van der Waals surface area contributed by atoms with E-state index < -0.39 is 0 Å². The van der Waals surface area contributed by atoms with E-state index >= 15 is 0 Å². The first-order chi connectivity index (χ1) is 4.54. The predicted molar refractivity (Wildman–Crippen MR) is 44.8 cm³/mol. The van der Waals surface area contributed by atoms with Gasteiger partial charge >= 0.3 is 0 Å². The number of hydrogen-bond donors (Lipinski definition) is 0. The maximum absolute atomic E-state index is 2.36. The normalized spacial score (nSPS) is 24.4. The van der Waals surface area contributed by atoms with Gasteiger partial charge in [0.1, 0.15) is 0 Å². The molecule has 0 atom stereocenters. The van der Waals surface area contributed by atoms with Gasteiger partial charge in [-0.1, -0.05) is 6.08 Å². The van der Waals surface area contributed by atoms with E-state index in [9.17, 15) is 0 Å². The minimum Gasteiger partial charge on any atom is -0.373 e. The summed E-state index contributed by atoms with van der Waals surface area (Å²) in [6, 6.07) is 0. The third kappa shape index (κ3) is 1.18. The zero-order valence-corrected chi connectivity index (χ0v) is 7.44. The Morgan fingerprint density at radius 3 is 2.50 bits per heavy atom. The molecule has 0 aromatic carbocycles. The van der Waals surface area contributed by atoms with Crippen molar-refractivity contribution < 1.29 is 0 Å². The largest absolute Gasteiger partial charge is 0.373 e. The van der Waals surface area contributed by atoms with Gasteiger partial charge in [-0.05, 0) is 33.6 Å². The first kappa shape index (κ1) is 7.64. The Morgan fingerprint density at radius 1 is 1.50 bits per heavy atom. The van der Waals surface area contributed by atoms with Crippen LogP contribution < -0.4 is 0 Å². The third-order valence-corrected chi connectivity index (χ3v) is 2.63. The Hall–Kier alpha value is -0.460. The third-order valence-electron chi connectivity index (χ3n) is 2.63. The van der Waals surface area contributed by atoms with Crippen molar-refractivity contribution in [3.8, 4) is 0 Å². The molecule has 1 heteroatoms. The molecular weight excluding hydrogens is 122 g/mol. The van der Waals surface area contributed by atoms with Crippen molar-refractivity contribution in [1.29, 1.82) is 0 Å². The van der Waals surface area contributed by atoms with Gasteiger partial charge in [0.05, 0.1) is 0 Å². The first-order valence-corrected chi connectivity index (χ1v) is 3.94. The van der Waals surface area contributed by atoms with Crippen LogP contribution in [-0.4, -0.2) is 17.5 Å². The highest BCUT2D eigenvalue weighted by Gasteiger charge is 2.25. The SMILES string of the molecule is CC1=CCCC(C)(C)N1C. The fourth-order valence-electron chi connectivity index (χ4n) is 1.42. The Kier molecular flexibility index (Phi) is 1.76. The number of rotatable bonds is 0. The maximum Gasteiger partial charge on any atom is 0.0342 e. The van der Waals surface area contributed by atoms with Crippen molar-refractivity contribution in [2.75, 3.05) is 7.05 Å². The van der Waals surface area contributed by atoms with Crippen LogP contribution in [0.25, 0.3) is 0 Å². The highest BCUT2D eigenvalue weighted by Crippen LogP contribution is 2.27. The topological polar surface area (TPSA) is 3.24 Å². The van der Waals surface area contributed by atoms with Crippen molar-refractivity contribution in [2.45, 2.75) is 39.2 Å². The van der Waals surface area contributed by atoms with Crippen molar-refractivity contribution in [3.63, 3.8) is 0 Å². The van der Waals surface area contributed by atoms with E-state index in [1.54, 1.807) is 0 Å². The second kappa shape index (κ2) is 2.30. The molecule has 0 saturated carbocycles. The van der Waals surface area contributed by atoms with Gasteiger partial charge in [0.25, 0.3) is 0 Å². The Morgan fingerprint density at radius 2 is 2.10 bits per heavy atom. The lowest BCUT2D eigenvalue weighted by atomic mass is 9.92. The minimum absolute atomic E-state index is 0.374. The van der Waals surface area contributed by atoms with Gasteiger partial charge < -0.3 is 4.90 Å². The average Bonchev–Trinajstić information content (AvgIpc) is 1.83. The summed E-state index contributed by atoms with van der Waals surface area (Å²) in [5.74, 6) is 0. The number of hydrogen-bond acceptors (Lipinski definition) is 1. The fourth-order valence-corrected chi connectivity index (χ4v) is 1.42. The fraction of sp³-hybridized carbons (Fsp3) is 0.778. The van der Waals surface area contributed by atoms with Gasteiger partial charge in [-0.3, -0.25) is 0 Å². The molecule has 0 fully saturated rings. The first-order valence-electron chi connectivity index (χ1n) is 3.94. The quantitative estimate of drug-likeness (QED) is 0.498. The van der Waals surface area contributed by atoms with Crippen molar-refractivity contribution >= 4 is 0 Å². The average molecular weight is 139 g/mol. The molecular formula is C9H17N. The number of allylic oxidation sites excluding steroid dienone is 2. The van der Waals surface area contributed by atoms with Gasteiger partial charge in [0, 0.05) is 18.3 Å². The van der Waals surface area contributed by atoms with Crippen LogP contribution in [0.3, 0.4) is 0 Å². The summed E-state index contributed by atoms with van der Waals surface area (Å²) < 4.78 is 0. The lowest BCUT2D eigenvalue weighted by Gasteiger charge is -2.41. The summed E-state index contributed by atoms with van der Waals surface area (Å²) in [5.41, 5.74) is 1.79. The van der Waals surface area contributed by atoms with E-state index in [1.807, 2.05) is 0 Å². The van der Waals surface area contributed by atoms with Crippen LogP contribution in [0.15, 0.2) is 11.8 Å². The highest BCUT2D eigenvalue weighted by molar-refractivity contribution is 5.06. The number of nitrogens with zero attached hydrogens (tertiary/aromatic N) is 1. The van der Waals surface area contributed by atoms with Crippen LogP contribution in [-0.2, 0) is 0 Å². The highest BCUT2D eigenvalue weighted by atomic mass is 15.2. The van der Waals surface area contributed by atoms with Gasteiger partial charge in [-0.15, -0.1) is 0 Å². The second-order valence-electron chi connectivity index (χ2n) is 3.76. The molecule has 1 aliphatic heterocycles. The van der Waals surface area contributed by atoms with Crippen molar-refractivity contribution in [2.24, 2.45) is 0 Å². The molecule has 0 aromatic rings. The van der Waals surface area contributed by atoms with Gasteiger partial charge in [0.2, 0.25) is 0 Å². The van der Waals surface area contributed by atoms with Crippen LogP contribution in [0.2, 0.25) is 0 Å². The van der Waals surface area contributed by atoms with Crippen LogP contribution in [0.5, 0.6) is 0 Å². The van der Waals surface area contributed by atoms with Crippen LogP contribution in [0.1, 0.15) is 33.6 Å². The van der Waals surface area contributed by atoms with Crippen molar-refractivity contribution in [3.05, 3.63) is 11.8 Å². The van der Waals surface area contributed by atoms with Crippen LogP contribution in [0, 0.1) is 0 Å². The molecule has 1 heterocycles. The van der Waals surface area contributed by atoms with Gasteiger partial charge in [-0.25, -0.2) is 0 Å². The second-order valence-corrected chi connectivity index (χ2v) is 3.76. The Labute approximate surface area is 63.7 Å². The Bertz CT molecular complexity index is 156. The molecule has 0 spiro atoms. The summed E-state index contributed by atoms with van der Waals surface area (Å²) in [4.78, 5) is 2.36. The summed E-state index contributed by atoms with van der Waals surface area (Å²) in [5, 5.41) is 0. The molecule has 0 radical (unpaired) electrons. The lowest BCUT2D eigenvalue weighted by molar-refractivity contribution is 0.178. The molecule has 0 unspecified atom stereocenters. The molecule has 1 nitrogen and oxygen atoms in total. The van der Waals surface area contributed by atoms with Crippen LogP contribution >= 0.6 is 0 Å². The van der Waals surface area contributed by atoms with E-state index in [0.29, 0.717) is 5.54 Å². The zero-order valence-electron chi connectivity index (χ0n) is 7.44. The zero-order chi connectivity index (χ0) is 7.78. The van der Waals surface area contributed by atoms with Gasteiger partial charge in [0.15, 0.2) is 0 Å².